The Labute approximate surface area is 170 Å². The van der Waals surface area contributed by atoms with E-state index in [1.54, 1.807) is 13.4 Å². The van der Waals surface area contributed by atoms with Crippen molar-refractivity contribution in [3.63, 3.8) is 0 Å². The molecule has 0 radical (unpaired) electrons. The third kappa shape index (κ3) is 3.00. The van der Waals surface area contributed by atoms with Crippen LogP contribution >= 0.6 is 0 Å². The fraction of sp³-hybridized carbons (Fsp3) is 0.304. The van der Waals surface area contributed by atoms with Gasteiger partial charge in [-0.05, 0) is 36.6 Å². The van der Waals surface area contributed by atoms with Crippen molar-refractivity contribution < 1.29 is 9.53 Å². The summed E-state index contributed by atoms with van der Waals surface area (Å²) < 4.78 is 5.61. The zero-order valence-corrected chi connectivity index (χ0v) is 16.6. The molecule has 2 bridgehead atoms. The molecule has 3 aromatic rings. The highest BCUT2D eigenvalue weighted by Crippen LogP contribution is 2.42. The number of aromatic amines is 1. The quantitative estimate of drug-likeness (QED) is 0.728. The van der Waals surface area contributed by atoms with Gasteiger partial charge in [-0.1, -0.05) is 36.4 Å². The number of anilines is 1. The molecule has 2 atom stereocenters. The number of rotatable bonds is 5. The van der Waals surface area contributed by atoms with Crippen LogP contribution in [0.3, 0.4) is 0 Å². The summed E-state index contributed by atoms with van der Waals surface area (Å²) in [6, 6.07) is 16.4. The third-order valence-corrected chi connectivity index (χ3v) is 6.10. The predicted octanol–water partition coefficient (Wildman–Crippen LogP) is 3.38. The Morgan fingerprint density at radius 3 is 2.69 bits per heavy atom. The Bertz CT molecular complexity index is 1050. The van der Waals surface area contributed by atoms with Crippen LogP contribution in [0.1, 0.15) is 17.8 Å². The Morgan fingerprint density at radius 2 is 2.00 bits per heavy atom. The first-order valence-corrected chi connectivity index (χ1v) is 9.95. The molecule has 6 nitrogen and oxygen atoms in total. The van der Waals surface area contributed by atoms with Crippen LogP contribution in [0.4, 0.5) is 5.69 Å². The Balaban J connectivity index is 1.44. The molecule has 0 saturated carbocycles. The van der Waals surface area contributed by atoms with Crippen molar-refractivity contribution >= 4 is 11.6 Å². The lowest BCUT2D eigenvalue weighted by Gasteiger charge is -2.34. The number of fused-ring (bicyclic) bond motifs is 2. The molecular formula is C23H24N4O2. The summed E-state index contributed by atoms with van der Waals surface area (Å²) >= 11 is 0. The summed E-state index contributed by atoms with van der Waals surface area (Å²) in [6.45, 7) is 3.57. The summed E-state index contributed by atoms with van der Waals surface area (Å²) in [5.74, 6) is 0.887. The van der Waals surface area contributed by atoms with E-state index < -0.39 is 0 Å². The number of carbonyl (C=O) groups is 1. The SMILES string of the molecule is COc1ccc(-c2ccccc2)cc1N1C(=O)C2CC1CN2Cc1nc[nH]c1C. The number of imidazole rings is 1. The van der Waals surface area contributed by atoms with Crippen LogP contribution in [-0.2, 0) is 11.3 Å². The Hall–Kier alpha value is -3.12. The number of nitrogens with one attached hydrogen (secondary N) is 1. The molecule has 0 aliphatic carbocycles. The van der Waals surface area contributed by atoms with Gasteiger partial charge in [-0.25, -0.2) is 4.98 Å². The number of piperazine rings is 1. The van der Waals surface area contributed by atoms with Gasteiger partial charge in [-0.2, -0.15) is 0 Å². The maximum atomic E-state index is 13.3. The summed E-state index contributed by atoms with van der Waals surface area (Å²) in [4.78, 5) is 25.0. The second kappa shape index (κ2) is 7.04. The molecule has 5 rings (SSSR count). The number of hydrogen-bond donors (Lipinski definition) is 1. The Kier molecular flexibility index (Phi) is 4.36. The summed E-state index contributed by atoms with van der Waals surface area (Å²) in [5, 5.41) is 0. The molecule has 29 heavy (non-hydrogen) atoms. The average Bonchev–Trinajstić information content (AvgIpc) is 3.43. The van der Waals surface area contributed by atoms with Gasteiger partial charge in [-0.3, -0.25) is 9.69 Å². The third-order valence-electron chi connectivity index (χ3n) is 6.10. The molecule has 1 N–H and O–H groups in total. The molecular weight excluding hydrogens is 364 g/mol. The van der Waals surface area contributed by atoms with E-state index in [1.165, 1.54) is 0 Å². The number of benzene rings is 2. The van der Waals surface area contributed by atoms with Crippen molar-refractivity contribution in [3.05, 3.63) is 66.2 Å². The second-order valence-corrected chi connectivity index (χ2v) is 7.77. The number of nitrogens with zero attached hydrogens (tertiary/aromatic N) is 3. The van der Waals surface area contributed by atoms with E-state index in [2.05, 4.69) is 33.1 Å². The molecule has 2 aromatic carbocycles. The van der Waals surface area contributed by atoms with Gasteiger partial charge < -0.3 is 14.6 Å². The van der Waals surface area contributed by atoms with Crippen molar-refractivity contribution in [3.8, 4) is 16.9 Å². The van der Waals surface area contributed by atoms with Crippen molar-refractivity contribution in [1.82, 2.24) is 14.9 Å². The van der Waals surface area contributed by atoms with Gasteiger partial charge >= 0.3 is 0 Å². The predicted molar refractivity (Wildman–Crippen MR) is 112 cm³/mol. The number of aryl methyl sites for hydroxylation is 1. The van der Waals surface area contributed by atoms with E-state index in [0.29, 0.717) is 6.54 Å². The molecule has 3 heterocycles. The van der Waals surface area contributed by atoms with Crippen molar-refractivity contribution in [2.24, 2.45) is 0 Å². The van der Waals surface area contributed by atoms with Gasteiger partial charge in [-0.15, -0.1) is 0 Å². The number of hydrogen-bond acceptors (Lipinski definition) is 4. The number of carbonyl (C=O) groups excluding carboxylic acids is 1. The lowest BCUT2D eigenvalue weighted by atomic mass is 10.0. The van der Waals surface area contributed by atoms with Gasteiger partial charge in [0, 0.05) is 18.8 Å². The average molecular weight is 388 g/mol. The van der Waals surface area contributed by atoms with Crippen LogP contribution in [0.2, 0.25) is 0 Å². The fourth-order valence-corrected chi connectivity index (χ4v) is 4.58. The lowest BCUT2D eigenvalue weighted by molar-refractivity contribution is -0.122. The van der Waals surface area contributed by atoms with E-state index in [4.69, 9.17) is 4.74 Å². The number of amides is 1. The molecule has 2 saturated heterocycles. The lowest BCUT2D eigenvalue weighted by Crippen LogP contribution is -2.50. The van der Waals surface area contributed by atoms with E-state index in [-0.39, 0.29) is 18.0 Å². The van der Waals surface area contributed by atoms with Crippen molar-refractivity contribution in [2.45, 2.75) is 32.0 Å². The second-order valence-electron chi connectivity index (χ2n) is 7.77. The van der Waals surface area contributed by atoms with Gasteiger partial charge in [0.15, 0.2) is 0 Å². The summed E-state index contributed by atoms with van der Waals surface area (Å²) in [7, 11) is 1.66. The normalized spacial score (nSPS) is 21.2. The maximum absolute atomic E-state index is 13.3. The first kappa shape index (κ1) is 17.9. The van der Waals surface area contributed by atoms with Crippen LogP contribution in [0.15, 0.2) is 54.9 Å². The number of H-pyrrole nitrogens is 1. The zero-order valence-electron chi connectivity index (χ0n) is 16.6. The molecule has 1 amide bonds. The smallest absolute Gasteiger partial charge is 0.244 e. The van der Waals surface area contributed by atoms with Crippen molar-refractivity contribution in [2.75, 3.05) is 18.6 Å². The highest BCUT2D eigenvalue weighted by atomic mass is 16.5. The zero-order chi connectivity index (χ0) is 20.0. The topological polar surface area (TPSA) is 61.5 Å². The molecule has 2 aliphatic heterocycles. The monoisotopic (exact) mass is 388 g/mol. The minimum atomic E-state index is -0.0961. The van der Waals surface area contributed by atoms with Crippen LogP contribution in [0, 0.1) is 6.92 Å². The minimum absolute atomic E-state index is 0.0961. The van der Waals surface area contributed by atoms with Crippen LogP contribution < -0.4 is 9.64 Å². The molecule has 0 spiro atoms. The standard InChI is InChI=1S/C23H24N4O2/c1-15-19(25-14-24-15)13-26-12-18-11-21(26)23(28)27(18)20-10-17(8-9-22(20)29-2)16-6-4-3-5-7-16/h3-10,14,18,21H,11-13H2,1-2H3,(H,24,25). The van der Waals surface area contributed by atoms with Crippen LogP contribution in [0.5, 0.6) is 5.75 Å². The van der Waals surface area contributed by atoms with Gasteiger partial charge in [0.25, 0.3) is 0 Å². The van der Waals surface area contributed by atoms with E-state index >= 15 is 0 Å². The highest BCUT2D eigenvalue weighted by molar-refractivity contribution is 6.03. The summed E-state index contributed by atoms with van der Waals surface area (Å²) in [5.41, 5.74) is 5.15. The van der Waals surface area contributed by atoms with Crippen molar-refractivity contribution in [1.29, 1.82) is 0 Å². The molecule has 2 unspecified atom stereocenters. The highest BCUT2D eigenvalue weighted by Gasteiger charge is 2.50. The molecule has 2 aliphatic rings. The number of likely N-dealkylation sites (tertiary alicyclic amines) is 1. The van der Waals surface area contributed by atoms with E-state index in [1.807, 2.05) is 42.2 Å². The Morgan fingerprint density at radius 1 is 1.17 bits per heavy atom. The first-order valence-electron chi connectivity index (χ1n) is 9.95. The minimum Gasteiger partial charge on any atom is -0.495 e. The molecule has 2 fully saturated rings. The first-order chi connectivity index (χ1) is 14.2. The number of ether oxygens (including phenoxy) is 1. The van der Waals surface area contributed by atoms with Crippen LogP contribution in [-0.4, -0.2) is 46.5 Å². The van der Waals surface area contributed by atoms with Gasteiger partial charge in [0.2, 0.25) is 5.91 Å². The maximum Gasteiger partial charge on any atom is 0.244 e. The molecule has 1 aromatic heterocycles. The van der Waals surface area contributed by atoms with Crippen LogP contribution in [0.25, 0.3) is 11.1 Å². The number of methoxy groups -OCH3 is 1. The summed E-state index contributed by atoms with van der Waals surface area (Å²) in [6.07, 6.45) is 2.56. The fourth-order valence-electron chi connectivity index (χ4n) is 4.58. The van der Waals surface area contributed by atoms with Gasteiger partial charge in [0.1, 0.15) is 5.75 Å². The number of aromatic nitrogens is 2. The van der Waals surface area contributed by atoms with E-state index in [0.717, 1.165) is 46.9 Å². The van der Waals surface area contributed by atoms with E-state index in [9.17, 15) is 4.79 Å². The largest absolute Gasteiger partial charge is 0.495 e. The molecule has 6 heteroatoms. The molecule has 148 valence electrons. The van der Waals surface area contributed by atoms with Gasteiger partial charge in [0.05, 0.1) is 36.9 Å².